The lowest BCUT2D eigenvalue weighted by Gasteiger charge is -2.31. The maximum Gasteiger partial charge on any atom is 0.0382 e. The molecule has 0 spiro atoms. The van der Waals surface area contributed by atoms with Crippen LogP contribution in [0.25, 0.3) is 0 Å². The molecule has 0 aromatic heterocycles. The van der Waals surface area contributed by atoms with Crippen molar-refractivity contribution in [3.05, 3.63) is 69.7 Å². The second-order valence-corrected chi connectivity index (χ2v) is 6.82. The summed E-state index contributed by atoms with van der Waals surface area (Å²) in [5, 5.41) is 3.71. The largest absolute Gasteiger partial charge is 0.301 e. The molecule has 2 rings (SSSR count). The molecule has 2 aromatic rings. The van der Waals surface area contributed by atoms with Gasteiger partial charge in [-0.2, -0.15) is 0 Å². The van der Waals surface area contributed by atoms with Gasteiger partial charge in [0.2, 0.25) is 0 Å². The Morgan fingerprint density at radius 1 is 0.950 bits per heavy atom. The lowest BCUT2D eigenvalue weighted by Crippen LogP contribution is -2.38. The van der Waals surface area contributed by atoms with Gasteiger partial charge in [-0.3, -0.25) is 0 Å². The molecule has 20 heavy (non-hydrogen) atoms. The molecule has 0 bridgehead atoms. The number of rotatable bonds is 4. The normalized spacial score (nSPS) is 13.2. The molecule has 1 unspecified atom stereocenters. The van der Waals surface area contributed by atoms with E-state index in [-0.39, 0.29) is 5.54 Å². The van der Waals surface area contributed by atoms with Gasteiger partial charge in [0.25, 0.3) is 0 Å². The van der Waals surface area contributed by atoms with Gasteiger partial charge in [-0.1, -0.05) is 57.9 Å². The van der Waals surface area contributed by atoms with Gasteiger partial charge in [0.15, 0.2) is 0 Å². The molecule has 0 aliphatic heterocycles. The Balaban J connectivity index is 2.14. The number of benzene rings is 2. The van der Waals surface area contributed by atoms with E-state index in [2.05, 4.69) is 97.5 Å². The van der Waals surface area contributed by atoms with Gasteiger partial charge in [0.1, 0.15) is 0 Å². The average molecular weight is 332 g/mol. The molecule has 0 aliphatic rings. The number of hydrogen-bond acceptors (Lipinski definition) is 1. The van der Waals surface area contributed by atoms with Crippen molar-refractivity contribution in [3.63, 3.8) is 0 Å². The minimum absolute atomic E-state index is 0.0645. The standard InChI is InChI=1S/C18H22BrN/c1-13-5-7-15(8-6-13)14(2)20-18(3,4)16-9-11-17(19)12-10-16/h5-12,14,20H,1-4H3. The van der Waals surface area contributed by atoms with E-state index in [4.69, 9.17) is 0 Å². The SMILES string of the molecule is Cc1ccc(C(C)NC(C)(C)c2ccc(Br)cc2)cc1. The smallest absolute Gasteiger partial charge is 0.0382 e. The van der Waals surface area contributed by atoms with Gasteiger partial charge in [-0.25, -0.2) is 0 Å². The average Bonchev–Trinajstić information content (AvgIpc) is 2.39. The summed E-state index contributed by atoms with van der Waals surface area (Å²) in [6.07, 6.45) is 0. The Morgan fingerprint density at radius 2 is 1.50 bits per heavy atom. The van der Waals surface area contributed by atoms with Crippen LogP contribution in [0.15, 0.2) is 53.0 Å². The van der Waals surface area contributed by atoms with Crippen molar-refractivity contribution in [1.82, 2.24) is 5.32 Å². The van der Waals surface area contributed by atoms with Crippen LogP contribution in [0.2, 0.25) is 0 Å². The minimum Gasteiger partial charge on any atom is -0.301 e. The molecule has 106 valence electrons. The van der Waals surface area contributed by atoms with E-state index in [9.17, 15) is 0 Å². The Hall–Kier alpha value is -1.12. The third kappa shape index (κ3) is 3.71. The predicted molar refractivity (Wildman–Crippen MR) is 89.9 cm³/mol. The summed E-state index contributed by atoms with van der Waals surface area (Å²) in [4.78, 5) is 0. The molecular formula is C18H22BrN. The van der Waals surface area contributed by atoms with Crippen LogP contribution in [0, 0.1) is 6.92 Å². The zero-order chi connectivity index (χ0) is 14.8. The van der Waals surface area contributed by atoms with Crippen LogP contribution in [0.4, 0.5) is 0 Å². The molecule has 2 aromatic carbocycles. The van der Waals surface area contributed by atoms with Crippen molar-refractivity contribution in [3.8, 4) is 0 Å². The number of aryl methyl sites for hydroxylation is 1. The molecule has 0 radical (unpaired) electrons. The summed E-state index contributed by atoms with van der Waals surface area (Å²) in [7, 11) is 0. The van der Waals surface area contributed by atoms with Crippen LogP contribution in [0.5, 0.6) is 0 Å². The molecule has 1 atom stereocenters. The predicted octanol–water partition coefficient (Wildman–Crippen LogP) is 5.34. The highest BCUT2D eigenvalue weighted by Gasteiger charge is 2.22. The van der Waals surface area contributed by atoms with Gasteiger partial charge in [0, 0.05) is 16.1 Å². The highest BCUT2D eigenvalue weighted by molar-refractivity contribution is 9.10. The molecule has 0 amide bonds. The fourth-order valence-electron chi connectivity index (χ4n) is 2.43. The second-order valence-electron chi connectivity index (χ2n) is 5.91. The van der Waals surface area contributed by atoms with Gasteiger partial charge in [-0.05, 0) is 51.0 Å². The first kappa shape index (κ1) is 15.3. The Bertz CT molecular complexity index is 555. The summed E-state index contributed by atoms with van der Waals surface area (Å²) in [6.45, 7) is 8.78. The first-order valence-electron chi connectivity index (χ1n) is 6.99. The van der Waals surface area contributed by atoms with Crippen molar-refractivity contribution < 1.29 is 0 Å². The molecule has 1 nitrogen and oxygen atoms in total. The molecule has 0 saturated heterocycles. The molecule has 0 aliphatic carbocycles. The van der Waals surface area contributed by atoms with E-state index in [1.165, 1.54) is 16.7 Å². The van der Waals surface area contributed by atoms with E-state index in [0.29, 0.717) is 6.04 Å². The number of nitrogens with one attached hydrogen (secondary N) is 1. The molecule has 0 saturated carbocycles. The van der Waals surface area contributed by atoms with Crippen LogP contribution in [-0.2, 0) is 5.54 Å². The van der Waals surface area contributed by atoms with Gasteiger partial charge >= 0.3 is 0 Å². The van der Waals surface area contributed by atoms with Crippen LogP contribution >= 0.6 is 15.9 Å². The summed E-state index contributed by atoms with van der Waals surface area (Å²) in [6, 6.07) is 17.6. The highest BCUT2D eigenvalue weighted by atomic mass is 79.9. The summed E-state index contributed by atoms with van der Waals surface area (Å²) >= 11 is 3.49. The maximum atomic E-state index is 3.71. The topological polar surface area (TPSA) is 12.0 Å². The molecule has 1 N–H and O–H groups in total. The van der Waals surface area contributed by atoms with Crippen LogP contribution < -0.4 is 5.32 Å². The lowest BCUT2D eigenvalue weighted by molar-refractivity contribution is 0.357. The van der Waals surface area contributed by atoms with E-state index >= 15 is 0 Å². The first-order valence-corrected chi connectivity index (χ1v) is 7.78. The van der Waals surface area contributed by atoms with Gasteiger partial charge in [0.05, 0.1) is 0 Å². The Morgan fingerprint density at radius 3 is 2.05 bits per heavy atom. The monoisotopic (exact) mass is 331 g/mol. The summed E-state index contributed by atoms with van der Waals surface area (Å²) < 4.78 is 1.11. The van der Waals surface area contributed by atoms with E-state index < -0.39 is 0 Å². The molecule has 0 heterocycles. The Kier molecular flexibility index (Phi) is 4.66. The first-order chi connectivity index (χ1) is 9.38. The van der Waals surface area contributed by atoms with Crippen molar-refractivity contribution in [1.29, 1.82) is 0 Å². The maximum absolute atomic E-state index is 3.71. The van der Waals surface area contributed by atoms with E-state index in [0.717, 1.165) is 4.47 Å². The summed E-state index contributed by atoms with van der Waals surface area (Å²) in [5.41, 5.74) is 3.85. The van der Waals surface area contributed by atoms with Gasteiger partial charge in [-0.15, -0.1) is 0 Å². The third-order valence-electron chi connectivity index (χ3n) is 3.72. The second kappa shape index (κ2) is 6.11. The van der Waals surface area contributed by atoms with Crippen molar-refractivity contribution in [2.24, 2.45) is 0 Å². The molecule has 2 heteroatoms. The lowest BCUT2D eigenvalue weighted by atomic mass is 9.92. The third-order valence-corrected chi connectivity index (χ3v) is 4.25. The highest BCUT2D eigenvalue weighted by Crippen LogP contribution is 2.26. The van der Waals surface area contributed by atoms with Crippen LogP contribution in [0.3, 0.4) is 0 Å². The zero-order valence-electron chi connectivity index (χ0n) is 12.6. The molecule has 0 fully saturated rings. The fourth-order valence-corrected chi connectivity index (χ4v) is 2.69. The quantitative estimate of drug-likeness (QED) is 0.796. The van der Waals surface area contributed by atoms with E-state index in [1.54, 1.807) is 0 Å². The number of hydrogen-bond donors (Lipinski definition) is 1. The van der Waals surface area contributed by atoms with Crippen LogP contribution in [0.1, 0.15) is 43.5 Å². The van der Waals surface area contributed by atoms with Crippen molar-refractivity contribution in [2.75, 3.05) is 0 Å². The van der Waals surface area contributed by atoms with Crippen molar-refractivity contribution >= 4 is 15.9 Å². The fraction of sp³-hybridized carbons (Fsp3) is 0.333. The zero-order valence-corrected chi connectivity index (χ0v) is 14.2. The van der Waals surface area contributed by atoms with E-state index in [1.807, 2.05) is 0 Å². The Labute approximate surface area is 130 Å². The summed E-state index contributed by atoms with van der Waals surface area (Å²) in [5.74, 6) is 0. The van der Waals surface area contributed by atoms with Crippen molar-refractivity contribution in [2.45, 2.75) is 39.3 Å². The van der Waals surface area contributed by atoms with Crippen LogP contribution in [-0.4, -0.2) is 0 Å². The number of halogens is 1. The minimum atomic E-state index is -0.0645. The molecular weight excluding hydrogens is 310 g/mol. The van der Waals surface area contributed by atoms with Gasteiger partial charge < -0.3 is 5.32 Å².